The zero-order valence-electron chi connectivity index (χ0n) is 9.22. The number of esters is 1. The number of thiazole rings is 1. The molecule has 2 aromatic rings. The van der Waals surface area contributed by atoms with Crippen LogP contribution in [-0.4, -0.2) is 27.8 Å². The van der Waals surface area contributed by atoms with Crippen molar-refractivity contribution in [1.82, 2.24) is 14.8 Å². The topological polar surface area (TPSA) is 57.0 Å². The van der Waals surface area contributed by atoms with Gasteiger partial charge in [-0.15, -0.1) is 11.3 Å². The summed E-state index contributed by atoms with van der Waals surface area (Å²) in [5, 5.41) is 4.85. The van der Waals surface area contributed by atoms with Crippen LogP contribution < -0.4 is 0 Å². The van der Waals surface area contributed by atoms with Crippen LogP contribution in [0.4, 0.5) is 0 Å². The number of carbonyl (C=O) groups excluding carboxylic acids is 1. The van der Waals surface area contributed by atoms with E-state index >= 15 is 0 Å². The van der Waals surface area contributed by atoms with Crippen LogP contribution in [-0.2, 0) is 11.8 Å². The molecule has 0 amide bonds. The maximum absolute atomic E-state index is 11.4. The number of nitrogens with zero attached hydrogens (tertiary/aromatic N) is 3. The van der Waals surface area contributed by atoms with Gasteiger partial charge in [-0.05, 0) is 6.92 Å². The Hall–Kier alpha value is -1.69. The predicted molar refractivity (Wildman–Crippen MR) is 60.4 cm³/mol. The molecular formula is C10H11N3O2S. The van der Waals surface area contributed by atoms with E-state index in [2.05, 4.69) is 14.8 Å². The lowest BCUT2D eigenvalue weighted by Gasteiger charge is -1.93. The molecule has 6 heteroatoms. The molecule has 0 radical (unpaired) electrons. The Morgan fingerprint density at radius 1 is 1.56 bits per heavy atom. The summed E-state index contributed by atoms with van der Waals surface area (Å²) in [6, 6.07) is 0. The number of carbonyl (C=O) groups is 1. The van der Waals surface area contributed by atoms with Crippen molar-refractivity contribution in [3.05, 3.63) is 23.0 Å². The summed E-state index contributed by atoms with van der Waals surface area (Å²) in [6.07, 6.45) is 3.58. The zero-order valence-corrected chi connectivity index (χ0v) is 10.0. The highest BCUT2D eigenvalue weighted by atomic mass is 32.1. The average Bonchev–Trinajstić information content (AvgIpc) is 2.83. The van der Waals surface area contributed by atoms with E-state index in [-0.39, 0.29) is 5.97 Å². The molecule has 84 valence electrons. The number of ether oxygens (including phenoxy) is 1. The first-order valence-electron chi connectivity index (χ1n) is 4.66. The molecule has 0 aliphatic heterocycles. The van der Waals surface area contributed by atoms with Gasteiger partial charge in [-0.25, -0.2) is 9.78 Å². The second-order valence-electron chi connectivity index (χ2n) is 3.33. The van der Waals surface area contributed by atoms with E-state index in [1.54, 1.807) is 17.8 Å². The molecule has 0 aliphatic rings. The van der Waals surface area contributed by atoms with E-state index in [4.69, 9.17) is 0 Å². The molecule has 5 nitrogen and oxygen atoms in total. The van der Waals surface area contributed by atoms with Crippen molar-refractivity contribution in [1.29, 1.82) is 0 Å². The van der Waals surface area contributed by atoms with Crippen molar-refractivity contribution in [3.8, 4) is 10.6 Å². The third-order valence-electron chi connectivity index (χ3n) is 2.12. The van der Waals surface area contributed by atoms with E-state index in [1.807, 2.05) is 13.2 Å². The summed E-state index contributed by atoms with van der Waals surface area (Å²) in [5.74, 6) is -0.342. The molecule has 2 heterocycles. The molecule has 0 N–H and O–H groups in total. The van der Waals surface area contributed by atoms with Crippen LogP contribution in [0, 0.1) is 6.92 Å². The Morgan fingerprint density at radius 2 is 2.31 bits per heavy atom. The third-order valence-corrected chi connectivity index (χ3v) is 3.31. The van der Waals surface area contributed by atoms with E-state index in [0.29, 0.717) is 10.6 Å². The minimum atomic E-state index is -0.342. The van der Waals surface area contributed by atoms with Gasteiger partial charge in [0.05, 0.1) is 19.0 Å². The predicted octanol–water partition coefficient (Wildman–Crippen LogP) is 1.64. The molecule has 0 unspecified atom stereocenters. The normalized spacial score (nSPS) is 10.4. The summed E-state index contributed by atoms with van der Waals surface area (Å²) in [6.45, 7) is 1.79. The molecule has 0 aliphatic carbocycles. The van der Waals surface area contributed by atoms with Crippen molar-refractivity contribution >= 4 is 17.3 Å². The van der Waals surface area contributed by atoms with Gasteiger partial charge in [0.25, 0.3) is 0 Å². The number of hydrogen-bond acceptors (Lipinski definition) is 5. The molecule has 0 aromatic carbocycles. The summed E-state index contributed by atoms with van der Waals surface area (Å²) in [7, 11) is 3.20. The molecule has 2 rings (SSSR count). The first kappa shape index (κ1) is 10.8. The number of methoxy groups -OCH3 is 1. The minimum Gasteiger partial charge on any atom is -0.465 e. The molecule has 0 saturated carbocycles. The lowest BCUT2D eigenvalue weighted by Crippen LogP contribution is -1.99. The van der Waals surface area contributed by atoms with Crippen LogP contribution in [0.15, 0.2) is 12.4 Å². The maximum atomic E-state index is 11.4. The molecule has 16 heavy (non-hydrogen) atoms. The van der Waals surface area contributed by atoms with Crippen LogP contribution in [0.25, 0.3) is 10.6 Å². The molecule has 0 bridgehead atoms. The first-order valence-corrected chi connectivity index (χ1v) is 5.48. The van der Waals surface area contributed by atoms with Crippen LogP contribution in [0.3, 0.4) is 0 Å². The Bertz CT molecular complexity index is 530. The van der Waals surface area contributed by atoms with E-state index in [1.165, 1.54) is 18.4 Å². The third kappa shape index (κ3) is 1.83. The standard InChI is InChI=1S/C10H11N3O2S/c1-6-8(10(14)15-3)16-9(12-6)7-4-11-13(2)5-7/h4-5H,1-3H3. The van der Waals surface area contributed by atoms with Crippen LogP contribution in [0.1, 0.15) is 15.4 Å². The Labute approximate surface area is 96.7 Å². The number of aryl methyl sites for hydroxylation is 2. The van der Waals surface area contributed by atoms with E-state index in [9.17, 15) is 4.79 Å². The van der Waals surface area contributed by atoms with Crippen molar-refractivity contribution < 1.29 is 9.53 Å². The molecule has 0 atom stereocenters. The Balaban J connectivity index is 2.41. The number of aromatic nitrogens is 3. The monoisotopic (exact) mass is 237 g/mol. The van der Waals surface area contributed by atoms with Crippen molar-refractivity contribution in [3.63, 3.8) is 0 Å². The van der Waals surface area contributed by atoms with Gasteiger partial charge >= 0.3 is 5.97 Å². The summed E-state index contributed by atoms with van der Waals surface area (Å²) in [5.41, 5.74) is 1.60. The van der Waals surface area contributed by atoms with Gasteiger partial charge in [0.15, 0.2) is 0 Å². The highest BCUT2D eigenvalue weighted by Crippen LogP contribution is 2.27. The second-order valence-corrected chi connectivity index (χ2v) is 4.33. The van der Waals surface area contributed by atoms with Gasteiger partial charge in [-0.3, -0.25) is 4.68 Å². The Kier molecular flexibility index (Phi) is 2.74. The van der Waals surface area contributed by atoms with Gasteiger partial charge in [0.1, 0.15) is 9.88 Å². The lowest BCUT2D eigenvalue weighted by molar-refractivity contribution is 0.0605. The summed E-state index contributed by atoms with van der Waals surface area (Å²) < 4.78 is 6.38. The summed E-state index contributed by atoms with van der Waals surface area (Å²) >= 11 is 1.32. The largest absolute Gasteiger partial charge is 0.465 e. The van der Waals surface area contributed by atoms with Crippen LogP contribution >= 0.6 is 11.3 Å². The van der Waals surface area contributed by atoms with Gasteiger partial charge in [-0.2, -0.15) is 5.10 Å². The molecular weight excluding hydrogens is 226 g/mol. The van der Waals surface area contributed by atoms with Gasteiger partial charge < -0.3 is 4.74 Å². The minimum absolute atomic E-state index is 0.342. The van der Waals surface area contributed by atoms with Gasteiger partial charge in [-0.1, -0.05) is 0 Å². The fraction of sp³-hybridized carbons (Fsp3) is 0.300. The quantitative estimate of drug-likeness (QED) is 0.745. The zero-order chi connectivity index (χ0) is 11.7. The molecule has 0 saturated heterocycles. The lowest BCUT2D eigenvalue weighted by atomic mass is 10.3. The van der Waals surface area contributed by atoms with Crippen molar-refractivity contribution in [2.75, 3.05) is 7.11 Å². The highest BCUT2D eigenvalue weighted by molar-refractivity contribution is 7.17. The first-order chi connectivity index (χ1) is 7.61. The fourth-order valence-electron chi connectivity index (χ4n) is 1.33. The molecule has 2 aromatic heterocycles. The average molecular weight is 237 g/mol. The number of rotatable bonds is 2. The molecule has 0 spiro atoms. The Morgan fingerprint density at radius 3 is 2.88 bits per heavy atom. The highest BCUT2D eigenvalue weighted by Gasteiger charge is 2.16. The second kappa shape index (κ2) is 4.05. The van der Waals surface area contributed by atoms with E-state index in [0.717, 1.165) is 10.6 Å². The molecule has 0 fully saturated rings. The smallest absolute Gasteiger partial charge is 0.349 e. The fourth-order valence-corrected chi connectivity index (χ4v) is 2.29. The maximum Gasteiger partial charge on any atom is 0.349 e. The summed E-state index contributed by atoms with van der Waals surface area (Å²) in [4.78, 5) is 16.3. The van der Waals surface area contributed by atoms with Gasteiger partial charge in [0.2, 0.25) is 0 Å². The van der Waals surface area contributed by atoms with Crippen LogP contribution in [0.5, 0.6) is 0 Å². The van der Waals surface area contributed by atoms with Crippen molar-refractivity contribution in [2.24, 2.45) is 7.05 Å². The van der Waals surface area contributed by atoms with E-state index < -0.39 is 0 Å². The van der Waals surface area contributed by atoms with Crippen molar-refractivity contribution in [2.45, 2.75) is 6.92 Å². The van der Waals surface area contributed by atoms with Crippen LogP contribution in [0.2, 0.25) is 0 Å². The SMILES string of the molecule is COC(=O)c1sc(-c2cnn(C)c2)nc1C. The number of hydrogen-bond donors (Lipinski definition) is 0. The van der Waals surface area contributed by atoms with Gasteiger partial charge in [0, 0.05) is 18.8 Å².